The first kappa shape index (κ1) is 27.0. The summed E-state index contributed by atoms with van der Waals surface area (Å²) in [5.74, 6) is -1.11. The highest BCUT2D eigenvalue weighted by atomic mass is 16.6. The zero-order valence-electron chi connectivity index (χ0n) is 22.2. The summed E-state index contributed by atoms with van der Waals surface area (Å²) in [6.07, 6.45) is 1.86. The van der Waals surface area contributed by atoms with E-state index in [0.29, 0.717) is 32.7 Å². The van der Waals surface area contributed by atoms with Crippen molar-refractivity contribution in [2.24, 2.45) is 5.92 Å². The molecule has 1 N–H and O–H groups in total. The molecular formula is C30H35N3O5. The standard InChI is InChI=1S/C30H35N3O5/c1-30(2,3)38-29(37)33-20-24(19-31-15-7-10-26(31)21-33)16-27(34)32(17-22-8-5-4-6-9-22)18-23-11-13-25(14-12-23)28(35)36/h4-15,24H,16-21H2,1-3H3,(H,35,36)/t24-/m1/s1. The summed E-state index contributed by atoms with van der Waals surface area (Å²) in [7, 11) is 0. The van der Waals surface area contributed by atoms with Crippen LogP contribution < -0.4 is 0 Å². The highest BCUT2D eigenvalue weighted by Crippen LogP contribution is 2.23. The molecule has 8 nitrogen and oxygen atoms in total. The molecule has 8 heteroatoms. The Labute approximate surface area is 223 Å². The summed E-state index contributed by atoms with van der Waals surface area (Å²) >= 11 is 0. The molecule has 1 atom stereocenters. The maximum Gasteiger partial charge on any atom is 0.410 e. The molecule has 4 rings (SSSR count). The van der Waals surface area contributed by atoms with Gasteiger partial charge in [-0.3, -0.25) is 4.79 Å². The molecule has 0 bridgehead atoms. The van der Waals surface area contributed by atoms with Gasteiger partial charge in [-0.05, 0) is 56.2 Å². The number of hydrogen-bond donors (Lipinski definition) is 1. The number of carboxylic acids is 1. The summed E-state index contributed by atoms with van der Waals surface area (Å²) in [5.41, 5.74) is 2.46. The van der Waals surface area contributed by atoms with Gasteiger partial charge in [-0.15, -0.1) is 0 Å². The monoisotopic (exact) mass is 517 g/mol. The van der Waals surface area contributed by atoms with E-state index in [1.165, 1.54) is 0 Å². The predicted molar refractivity (Wildman–Crippen MR) is 143 cm³/mol. The molecular weight excluding hydrogens is 482 g/mol. The van der Waals surface area contributed by atoms with Crippen LogP contribution >= 0.6 is 0 Å². The molecule has 0 aliphatic carbocycles. The van der Waals surface area contributed by atoms with Gasteiger partial charge >= 0.3 is 12.1 Å². The van der Waals surface area contributed by atoms with E-state index < -0.39 is 11.6 Å². The van der Waals surface area contributed by atoms with Gasteiger partial charge in [0.05, 0.1) is 12.1 Å². The number of carboxylic acid groups (broad SMARTS) is 1. The molecule has 3 aromatic rings. The van der Waals surface area contributed by atoms with Crippen LogP contribution in [0.15, 0.2) is 72.9 Å². The third kappa shape index (κ3) is 7.25. The molecule has 0 saturated heterocycles. The van der Waals surface area contributed by atoms with E-state index in [0.717, 1.165) is 16.8 Å². The van der Waals surface area contributed by atoms with E-state index >= 15 is 0 Å². The molecule has 1 aromatic heterocycles. The number of ether oxygens (including phenoxy) is 1. The molecule has 0 saturated carbocycles. The average molecular weight is 518 g/mol. The van der Waals surface area contributed by atoms with E-state index in [2.05, 4.69) is 4.57 Å². The molecule has 0 unspecified atom stereocenters. The lowest BCUT2D eigenvalue weighted by molar-refractivity contribution is -0.133. The summed E-state index contributed by atoms with van der Waals surface area (Å²) in [6, 6.07) is 20.3. The van der Waals surface area contributed by atoms with Gasteiger partial charge in [-0.2, -0.15) is 0 Å². The van der Waals surface area contributed by atoms with Crippen molar-refractivity contribution in [3.8, 4) is 0 Å². The van der Waals surface area contributed by atoms with Crippen molar-refractivity contribution < 1.29 is 24.2 Å². The molecule has 0 radical (unpaired) electrons. The first-order valence-electron chi connectivity index (χ1n) is 12.8. The van der Waals surface area contributed by atoms with E-state index in [4.69, 9.17) is 4.74 Å². The SMILES string of the molecule is CC(C)(C)OC(=O)N1Cc2cccn2C[C@@H](CC(=O)N(Cc2ccccc2)Cc2ccc(C(=O)O)cc2)C1. The van der Waals surface area contributed by atoms with E-state index in [9.17, 15) is 19.5 Å². The number of carbonyl (C=O) groups is 3. The molecule has 2 amide bonds. The van der Waals surface area contributed by atoms with Crippen molar-refractivity contribution >= 4 is 18.0 Å². The number of hydrogen-bond acceptors (Lipinski definition) is 4. The van der Waals surface area contributed by atoms with Gasteiger partial charge in [-0.25, -0.2) is 9.59 Å². The maximum atomic E-state index is 13.8. The van der Waals surface area contributed by atoms with E-state index in [-0.39, 0.29) is 29.9 Å². The third-order valence-electron chi connectivity index (χ3n) is 6.47. The van der Waals surface area contributed by atoms with E-state index in [1.54, 1.807) is 34.1 Å². The second kappa shape index (κ2) is 11.5. The maximum absolute atomic E-state index is 13.8. The van der Waals surface area contributed by atoms with Crippen molar-refractivity contribution in [3.63, 3.8) is 0 Å². The van der Waals surface area contributed by atoms with Crippen LogP contribution in [0.4, 0.5) is 4.79 Å². The number of carbonyl (C=O) groups excluding carboxylic acids is 2. The largest absolute Gasteiger partial charge is 0.478 e. The molecule has 0 spiro atoms. The Balaban J connectivity index is 1.53. The van der Waals surface area contributed by atoms with Crippen LogP contribution in [0.1, 0.15) is 54.4 Å². The van der Waals surface area contributed by atoms with Crippen molar-refractivity contribution in [2.75, 3.05) is 6.54 Å². The Morgan fingerprint density at radius 2 is 1.58 bits per heavy atom. The molecule has 200 valence electrons. The van der Waals surface area contributed by atoms with Gasteiger partial charge in [0.2, 0.25) is 5.91 Å². The van der Waals surface area contributed by atoms with Gasteiger partial charge in [0, 0.05) is 50.4 Å². The number of aromatic nitrogens is 1. The van der Waals surface area contributed by atoms with Crippen LogP contribution in [0, 0.1) is 5.92 Å². The zero-order chi connectivity index (χ0) is 27.3. The van der Waals surface area contributed by atoms with Crippen molar-refractivity contribution in [2.45, 2.75) is 59.0 Å². The van der Waals surface area contributed by atoms with Crippen LogP contribution in [-0.2, 0) is 35.7 Å². The molecule has 2 aromatic carbocycles. The predicted octanol–water partition coefficient (Wildman–Crippen LogP) is 5.17. The minimum Gasteiger partial charge on any atom is -0.478 e. The highest BCUT2D eigenvalue weighted by molar-refractivity contribution is 5.87. The van der Waals surface area contributed by atoms with Gasteiger partial charge in [0.1, 0.15) is 5.60 Å². The minimum atomic E-state index is -0.985. The van der Waals surface area contributed by atoms with Crippen molar-refractivity contribution in [3.05, 3.63) is 95.3 Å². The molecule has 2 heterocycles. The zero-order valence-corrected chi connectivity index (χ0v) is 22.2. The summed E-state index contributed by atoms with van der Waals surface area (Å²) < 4.78 is 7.76. The number of benzene rings is 2. The number of amides is 2. The fraction of sp³-hybridized carbons (Fsp3) is 0.367. The highest BCUT2D eigenvalue weighted by Gasteiger charge is 2.30. The Morgan fingerprint density at radius 1 is 0.921 bits per heavy atom. The van der Waals surface area contributed by atoms with Gasteiger partial charge in [0.15, 0.2) is 0 Å². The van der Waals surface area contributed by atoms with Gasteiger partial charge < -0.3 is 24.2 Å². The second-order valence-electron chi connectivity index (χ2n) is 10.8. The number of nitrogens with zero attached hydrogens (tertiary/aromatic N) is 3. The topological polar surface area (TPSA) is 92.1 Å². The number of fused-ring (bicyclic) bond motifs is 1. The first-order valence-corrected chi connectivity index (χ1v) is 12.8. The van der Waals surface area contributed by atoms with Crippen molar-refractivity contribution in [1.82, 2.24) is 14.4 Å². The van der Waals surface area contributed by atoms with Crippen LogP contribution in [0.5, 0.6) is 0 Å². The van der Waals surface area contributed by atoms with Crippen LogP contribution in [-0.4, -0.2) is 49.6 Å². The first-order chi connectivity index (χ1) is 18.1. The molecule has 1 aliphatic heterocycles. The average Bonchev–Trinajstić information content (AvgIpc) is 3.21. The molecule has 38 heavy (non-hydrogen) atoms. The lowest BCUT2D eigenvalue weighted by Gasteiger charge is -2.29. The van der Waals surface area contributed by atoms with Crippen molar-refractivity contribution in [1.29, 1.82) is 0 Å². The summed E-state index contributed by atoms with van der Waals surface area (Å²) in [5, 5.41) is 9.22. The van der Waals surface area contributed by atoms with Gasteiger partial charge in [-0.1, -0.05) is 42.5 Å². The number of aromatic carboxylic acids is 1. The quantitative estimate of drug-likeness (QED) is 0.467. The lowest BCUT2D eigenvalue weighted by atomic mass is 10.0. The number of rotatable bonds is 7. The Kier molecular flexibility index (Phi) is 8.20. The minimum absolute atomic E-state index is 0.0269. The fourth-order valence-electron chi connectivity index (χ4n) is 4.66. The molecule has 0 fully saturated rings. The second-order valence-corrected chi connectivity index (χ2v) is 10.8. The lowest BCUT2D eigenvalue weighted by Crippen LogP contribution is -2.40. The van der Waals surface area contributed by atoms with Gasteiger partial charge in [0.25, 0.3) is 0 Å². The Morgan fingerprint density at radius 3 is 2.21 bits per heavy atom. The van der Waals surface area contributed by atoms with Crippen LogP contribution in [0.3, 0.4) is 0 Å². The third-order valence-corrected chi connectivity index (χ3v) is 6.47. The normalized spacial score (nSPS) is 15.3. The van der Waals surface area contributed by atoms with Crippen LogP contribution in [0.2, 0.25) is 0 Å². The summed E-state index contributed by atoms with van der Waals surface area (Å²) in [6.45, 7) is 7.78. The Hall–Kier alpha value is -4.07. The van der Waals surface area contributed by atoms with E-state index in [1.807, 2.05) is 69.4 Å². The van der Waals surface area contributed by atoms with Crippen LogP contribution in [0.25, 0.3) is 0 Å². The summed E-state index contributed by atoms with van der Waals surface area (Å²) in [4.78, 5) is 41.5. The smallest absolute Gasteiger partial charge is 0.410 e. The molecule has 1 aliphatic rings. The fourth-order valence-corrected chi connectivity index (χ4v) is 4.66. The Bertz CT molecular complexity index is 1260.